The topological polar surface area (TPSA) is 55.6 Å². The highest BCUT2D eigenvalue weighted by Crippen LogP contribution is 2.30. The Bertz CT molecular complexity index is 468. The second-order valence-electron chi connectivity index (χ2n) is 5.01. The molecule has 0 saturated heterocycles. The summed E-state index contributed by atoms with van der Waals surface area (Å²) >= 11 is 0. The van der Waals surface area contributed by atoms with Crippen LogP contribution in [0.2, 0.25) is 0 Å². The molecule has 0 unspecified atom stereocenters. The molecule has 0 spiro atoms. The van der Waals surface area contributed by atoms with Crippen molar-refractivity contribution >= 4 is 5.91 Å². The predicted octanol–water partition coefficient (Wildman–Crippen LogP) is 2.28. The lowest BCUT2D eigenvalue weighted by atomic mass is 9.95. The Hall–Kier alpha value is -1.55. The largest absolute Gasteiger partial charge is 0.496 e. The van der Waals surface area contributed by atoms with E-state index in [4.69, 9.17) is 10.6 Å². The highest BCUT2D eigenvalue weighted by molar-refractivity contribution is 5.75. The van der Waals surface area contributed by atoms with E-state index in [1.165, 1.54) is 22.3 Å². The van der Waals surface area contributed by atoms with Crippen LogP contribution in [-0.2, 0) is 11.2 Å². The number of rotatable bonds is 5. The third-order valence-electron chi connectivity index (χ3n) is 3.53. The van der Waals surface area contributed by atoms with E-state index < -0.39 is 0 Å². The SMILES string of the molecule is COc1c(C)c(C)cc(C)c1CCCC(=O)N(C)N. The Morgan fingerprint density at radius 3 is 2.47 bits per heavy atom. The Labute approximate surface area is 115 Å². The molecule has 0 bridgehead atoms. The lowest BCUT2D eigenvalue weighted by Gasteiger charge is -2.17. The van der Waals surface area contributed by atoms with Gasteiger partial charge in [-0.25, -0.2) is 5.84 Å². The standard InChI is InChI=1S/C15H24N2O2/c1-10-9-11(2)13(15(19-5)12(10)3)7-6-8-14(18)17(4)16/h9H,6-8,16H2,1-5H3. The van der Waals surface area contributed by atoms with Crippen LogP contribution < -0.4 is 10.6 Å². The number of hydrazine groups is 1. The van der Waals surface area contributed by atoms with Crippen LogP contribution in [0.25, 0.3) is 0 Å². The second kappa shape index (κ2) is 6.57. The molecule has 0 radical (unpaired) electrons. The molecule has 2 N–H and O–H groups in total. The Balaban J connectivity index is 2.84. The number of nitrogens with two attached hydrogens (primary N) is 1. The normalized spacial score (nSPS) is 10.4. The summed E-state index contributed by atoms with van der Waals surface area (Å²) < 4.78 is 5.52. The zero-order valence-corrected chi connectivity index (χ0v) is 12.5. The maximum Gasteiger partial charge on any atom is 0.236 e. The van der Waals surface area contributed by atoms with Crippen molar-refractivity contribution in [2.24, 2.45) is 5.84 Å². The first-order valence-electron chi connectivity index (χ1n) is 6.53. The summed E-state index contributed by atoms with van der Waals surface area (Å²) in [6.07, 6.45) is 2.07. The van der Waals surface area contributed by atoms with Crippen molar-refractivity contribution in [3.05, 3.63) is 28.3 Å². The number of amides is 1. The van der Waals surface area contributed by atoms with Gasteiger partial charge in [0.2, 0.25) is 5.91 Å². The smallest absolute Gasteiger partial charge is 0.236 e. The number of aryl methyl sites for hydroxylation is 2. The van der Waals surface area contributed by atoms with Crippen LogP contribution in [0.4, 0.5) is 0 Å². The van der Waals surface area contributed by atoms with Gasteiger partial charge in [-0.2, -0.15) is 0 Å². The van der Waals surface area contributed by atoms with Crippen LogP contribution in [0.5, 0.6) is 5.75 Å². The number of ether oxygens (including phenoxy) is 1. The summed E-state index contributed by atoms with van der Waals surface area (Å²) in [5, 5.41) is 1.14. The monoisotopic (exact) mass is 264 g/mol. The molecular formula is C15H24N2O2. The van der Waals surface area contributed by atoms with Crippen molar-refractivity contribution in [2.45, 2.75) is 40.0 Å². The summed E-state index contributed by atoms with van der Waals surface area (Å²) in [4.78, 5) is 11.5. The molecular weight excluding hydrogens is 240 g/mol. The maximum atomic E-state index is 11.5. The molecule has 0 aliphatic carbocycles. The van der Waals surface area contributed by atoms with Crippen molar-refractivity contribution in [3.63, 3.8) is 0 Å². The number of methoxy groups -OCH3 is 1. The summed E-state index contributed by atoms with van der Waals surface area (Å²) in [6.45, 7) is 6.23. The van der Waals surface area contributed by atoms with Crippen molar-refractivity contribution in [1.82, 2.24) is 5.01 Å². The third-order valence-corrected chi connectivity index (χ3v) is 3.53. The molecule has 1 amide bonds. The Morgan fingerprint density at radius 2 is 1.95 bits per heavy atom. The van der Waals surface area contributed by atoms with Crippen LogP contribution in [0.3, 0.4) is 0 Å². The van der Waals surface area contributed by atoms with Crippen molar-refractivity contribution in [3.8, 4) is 5.75 Å². The third kappa shape index (κ3) is 3.70. The van der Waals surface area contributed by atoms with Crippen LogP contribution in [-0.4, -0.2) is 25.1 Å². The van der Waals surface area contributed by atoms with E-state index in [0.717, 1.165) is 23.6 Å². The number of nitrogens with zero attached hydrogens (tertiary/aromatic N) is 1. The van der Waals surface area contributed by atoms with Gasteiger partial charge in [0.05, 0.1) is 7.11 Å². The van der Waals surface area contributed by atoms with Crippen LogP contribution in [0.15, 0.2) is 6.07 Å². The average molecular weight is 264 g/mol. The molecule has 0 saturated carbocycles. The zero-order valence-electron chi connectivity index (χ0n) is 12.5. The summed E-state index contributed by atoms with van der Waals surface area (Å²) in [5.74, 6) is 6.31. The first-order chi connectivity index (χ1) is 8.88. The predicted molar refractivity (Wildman–Crippen MR) is 77.1 cm³/mol. The van der Waals surface area contributed by atoms with Crippen molar-refractivity contribution < 1.29 is 9.53 Å². The first kappa shape index (κ1) is 15.5. The van der Waals surface area contributed by atoms with Gasteiger partial charge in [0.25, 0.3) is 0 Å². The van der Waals surface area contributed by atoms with Gasteiger partial charge >= 0.3 is 0 Å². The van der Waals surface area contributed by atoms with Gasteiger partial charge in [0.15, 0.2) is 0 Å². The molecule has 0 atom stereocenters. The molecule has 19 heavy (non-hydrogen) atoms. The van der Waals surface area contributed by atoms with Gasteiger partial charge in [-0.1, -0.05) is 6.07 Å². The van der Waals surface area contributed by atoms with Crippen LogP contribution >= 0.6 is 0 Å². The van der Waals surface area contributed by atoms with Crippen molar-refractivity contribution in [2.75, 3.05) is 14.2 Å². The fourth-order valence-electron chi connectivity index (χ4n) is 2.28. The Morgan fingerprint density at radius 1 is 1.32 bits per heavy atom. The minimum Gasteiger partial charge on any atom is -0.496 e. The van der Waals surface area contributed by atoms with E-state index in [2.05, 4.69) is 26.8 Å². The molecule has 1 aromatic rings. The van der Waals surface area contributed by atoms with E-state index in [9.17, 15) is 4.79 Å². The molecule has 4 heteroatoms. The zero-order chi connectivity index (χ0) is 14.6. The van der Waals surface area contributed by atoms with Crippen molar-refractivity contribution in [1.29, 1.82) is 0 Å². The van der Waals surface area contributed by atoms with E-state index in [-0.39, 0.29) is 5.91 Å². The molecule has 0 fully saturated rings. The number of benzene rings is 1. The first-order valence-corrected chi connectivity index (χ1v) is 6.53. The number of hydrogen-bond donors (Lipinski definition) is 1. The van der Waals surface area contributed by atoms with E-state index in [0.29, 0.717) is 6.42 Å². The summed E-state index contributed by atoms with van der Waals surface area (Å²) in [5.41, 5.74) is 4.81. The number of hydrogen-bond acceptors (Lipinski definition) is 3. The lowest BCUT2D eigenvalue weighted by molar-refractivity contribution is -0.130. The summed E-state index contributed by atoms with van der Waals surface area (Å²) in [7, 11) is 3.27. The fourth-order valence-corrected chi connectivity index (χ4v) is 2.28. The molecule has 0 aliphatic heterocycles. The average Bonchev–Trinajstić information content (AvgIpc) is 2.35. The number of carbonyl (C=O) groups excluding carboxylic acids is 1. The molecule has 0 aromatic heterocycles. The summed E-state index contributed by atoms with van der Waals surface area (Å²) in [6, 6.07) is 2.17. The van der Waals surface area contributed by atoms with Gasteiger partial charge in [-0.3, -0.25) is 9.80 Å². The van der Waals surface area contributed by atoms with Gasteiger partial charge in [-0.15, -0.1) is 0 Å². The van der Waals surface area contributed by atoms with E-state index in [1.54, 1.807) is 14.2 Å². The van der Waals surface area contributed by atoms with Crippen LogP contribution in [0, 0.1) is 20.8 Å². The van der Waals surface area contributed by atoms with E-state index >= 15 is 0 Å². The fraction of sp³-hybridized carbons (Fsp3) is 0.533. The highest BCUT2D eigenvalue weighted by atomic mass is 16.5. The molecule has 0 aliphatic rings. The van der Waals surface area contributed by atoms with Gasteiger partial charge < -0.3 is 4.74 Å². The maximum absolute atomic E-state index is 11.5. The molecule has 0 heterocycles. The van der Waals surface area contributed by atoms with Gasteiger partial charge in [-0.05, 0) is 55.9 Å². The Kier molecular flexibility index (Phi) is 5.36. The lowest BCUT2D eigenvalue weighted by Crippen LogP contribution is -2.32. The molecule has 1 rings (SSSR count). The van der Waals surface area contributed by atoms with Gasteiger partial charge in [0, 0.05) is 13.5 Å². The van der Waals surface area contributed by atoms with Gasteiger partial charge in [0.1, 0.15) is 5.75 Å². The van der Waals surface area contributed by atoms with Crippen LogP contribution in [0.1, 0.15) is 35.1 Å². The molecule has 106 valence electrons. The van der Waals surface area contributed by atoms with E-state index in [1.807, 2.05) is 0 Å². The second-order valence-corrected chi connectivity index (χ2v) is 5.01. The minimum atomic E-state index is -0.0412. The molecule has 4 nitrogen and oxygen atoms in total. The number of carbonyl (C=O) groups is 1. The quantitative estimate of drug-likeness (QED) is 0.504. The highest BCUT2D eigenvalue weighted by Gasteiger charge is 2.13. The minimum absolute atomic E-state index is 0.0412. The molecule has 1 aromatic carbocycles.